The molecule has 0 spiro atoms. The molecular weight excluding hydrogens is 1650 g/mol. The zero-order valence-corrected chi connectivity index (χ0v) is 72.6. The van der Waals surface area contributed by atoms with Crippen molar-refractivity contribution in [3.05, 3.63) is 455 Å². The van der Waals surface area contributed by atoms with Crippen molar-refractivity contribution in [1.82, 2.24) is 44.9 Å². The van der Waals surface area contributed by atoms with E-state index >= 15 is 0 Å². The normalized spacial score (nSPS) is 11.6. The lowest BCUT2D eigenvalue weighted by Crippen LogP contribution is -2.01. The van der Waals surface area contributed by atoms with Crippen LogP contribution in [0.4, 0.5) is 0 Å². The van der Waals surface area contributed by atoms with Gasteiger partial charge in [0.25, 0.3) is 0 Å². The zero-order valence-electron chi connectivity index (χ0n) is 72.6. The fourth-order valence-electron chi connectivity index (χ4n) is 18.9. The summed E-state index contributed by atoms with van der Waals surface area (Å²) in [6, 6.07) is 157. The molecule has 6 aromatic heterocycles. The van der Waals surface area contributed by atoms with Crippen molar-refractivity contribution in [2.75, 3.05) is 0 Å². The standard InChI is InChI=1S/C45H27N3O.C41H25N3O.C37H23N3O/c1-2-12-30(13-3-1)37-22-23-39-41(38-26-33-16-8-9-17-34(33)27-40(38)49-39)42(37)45-47-43(35-20-18-28-10-4-6-14-31(28)24-35)46-44(48-45)36-21-19-29-11-5-7-15-32(29)25-36;1-3-12-27(13-4-1)33-21-22-35-37(34-24-30-17-9-10-18-31(30)25-36(34)45-35)38(33)41-43-39(28-14-5-2-6-15-28)42-40(44-41)32-20-19-26-11-7-8-16-29(26)23-32;1-4-12-24(13-5-1)29-20-21-31-33(30-22-27-18-10-11-19-28(27)23-32(30)41-31)34(29)37-39-35(25-14-6-2-7-15-25)38-36(40-37)26-16-8-3-9-17-26/h1-27H;1-25H;1-23H. The number of benzene rings is 21. The molecule has 0 amide bonds. The van der Waals surface area contributed by atoms with Gasteiger partial charge in [-0.25, -0.2) is 44.9 Å². The highest BCUT2D eigenvalue weighted by atomic mass is 16.3. The topological polar surface area (TPSA) is 155 Å². The predicted molar refractivity (Wildman–Crippen MR) is 552 cm³/mol. The average molecular weight is 1730 g/mol. The third-order valence-corrected chi connectivity index (χ3v) is 25.5. The highest BCUT2D eigenvalue weighted by Crippen LogP contribution is 2.49. The summed E-state index contributed by atoms with van der Waals surface area (Å²) >= 11 is 0. The van der Waals surface area contributed by atoms with Crippen LogP contribution in [0.5, 0.6) is 0 Å². The van der Waals surface area contributed by atoms with Crippen molar-refractivity contribution >= 4 is 130 Å². The van der Waals surface area contributed by atoms with Crippen LogP contribution in [0.15, 0.2) is 468 Å². The lowest BCUT2D eigenvalue weighted by Gasteiger charge is -2.14. The molecule has 135 heavy (non-hydrogen) atoms. The molecule has 21 aromatic carbocycles. The van der Waals surface area contributed by atoms with Gasteiger partial charge >= 0.3 is 0 Å². The van der Waals surface area contributed by atoms with Crippen molar-refractivity contribution in [1.29, 1.82) is 0 Å². The SMILES string of the molecule is c1ccc(-c2ccc3oc4cc5ccccc5cc4c3c2-c2nc(-c3ccc4ccccc4c3)nc(-c3ccc4ccccc4c3)n2)cc1.c1ccc(-c2nc(-c3ccc4ccccc4c3)nc(-c3c(-c4ccccc4)ccc4oc5cc6ccccc6cc5c34)n2)cc1.c1ccc(-c2nc(-c3ccccc3)nc(-c3c(-c4ccccc4)ccc4oc5cc6ccccc6cc5c34)n2)cc1. The van der Waals surface area contributed by atoms with E-state index in [0.717, 1.165) is 198 Å². The first-order valence-electron chi connectivity index (χ1n) is 45.1. The molecule has 0 N–H and O–H groups in total. The average Bonchev–Trinajstić information content (AvgIpc) is 1.62. The van der Waals surface area contributed by atoms with Crippen LogP contribution in [0.25, 0.3) is 266 Å². The second-order valence-electron chi connectivity index (χ2n) is 33.8. The lowest BCUT2D eigenvalue weighted by atomic mass is 9.94. The number of hydrogen-bond donors (Lipinski definition) is 0. The van der Waals surface area contributed by atoms with Crippen LogP contribution in [0.3, 0.4) is 0 Å². The summed E-state index contributed by atoms with van der Waals surface area (Å²) in [5.41, 5.74) is 19.6. The van der Waals surface area contributed by atoms with Gasteiger partial charge in [-0.1, -0.05) is 364 Å². The molecular formula is C123H75N9O3. The molecule has 0 fully saturated rings. The van der Waals surface area contributed by atoms with Gasteiger partial charge in [-0.3, -0.25) is 0 Å². The van der Waals surface area contributed by atoms with Crippen LogP contribution in [0, 0.1) is 0 Å². The van der Waals surface area contributed by atoms with E-state index in [9.17, 15) is 0 Å². The van der Waals surface area contributed by atoms with E-state index in [-0.39, 0.29) is 0 Å². The number of nitrogens with zero attached hydrogens (tertiary/aromatic N) is 9. The highest BCUT2D eigenvalue weighted by molar-refractivity contribution is 6.21. The van der Waals surface area contributed by atoms with E-state index in [0.29, 0.717) is 52.4 Å². The fourth-order valence-corrected chi connectivity index (χ4v) is 18.9. The molecule has 0 radical (unpaired) electrons. The van der Waals surface area contributed by atoms with Gasteiger partial charge in [-0.15, -0.1) is 0 Å². The van der Waals surface area contributed by atoms with E-state index in [4.69, 9.17) is 58.1 Å². The van der Waals surface area contributed by atoms with Gasteiger partial charge in [-0.05, 0) is 189 Å². The summed E-state index contributed by atoms with van der Waals surface area (Å²) in [6.07, 6.45) is 0. The second kappa shape index (κ2) is 33.6. The van der Waals surface area contributed by atoms with Crippen LogP contribution in [0.1, 0.15) is 0 Å². The third-order valence-electron chi connectivity index (χ3n) is 25.5. The van der Waals surface area contributed by atoms with Crippen molar-refractivity contribution in [2.45, 2.75) is 0 Å². The van der Waals surface area contributed by atoms with Gasteiger partial charge in [-0.2, -0.15) is 0 Å². The third kappa shape index (κ3) is 14.8. The van der Waals surface area contributed by atoms with Crippen molar-refractivity contribution in [3.63, 3.8) is 0 Å². The Hall–Kier alpha value is -18.4. The van der Waals surface area contributed by atoms with Gasteiger partial charge in [0.05, 0.1) is 0 Å². The van der Waals surface area contributed by atoms with Crippen molar-refractivity contribution < 1.29 is 13.3 Å². The molecule has 12 heteroatoms. The minimum Gasteiger partial charge on any atom is -0.456 e. The molecule has 0 unspecified atom stereocenters. The van der Waals surface area contributed by atoms with E-state index in [2.05, 4.69) is 346 Å². The summed E-state index contributed by atoms with van der Waals surface area (Å²) in [4.78, 5) is 46.3. The summed E-state index contributed by atoms with van der Waals surface area (Å²) < 4.78 is 19.6. The Kier molecular flexibility index (Phi) is 19.6. The number of fused-ring (bicyclic) bond motifs is 15. The summed E-state index contributed by atoms with van der Waals surface area (Å²) in [7, 11) is 0. The van der Waals surface area contributed by atoms with Crippen LogP contribution < -0.4 is 0 Å². The summed E-state index contributed by atoms with van der Waals surface area (Å²) in [5.74, 6) is 5.55. The molecule has 12 nitrogen and oxygen atoms in total. The molecule has 0 atom stereocenters. The van der Waals surface area contributed by atoms with Gasteiger partial charge < -0.3 is 13.3 Å². The molecule has 0 aliphatic rings. The molecule has 0 saturated heterocycles. The predicted octanol–water partition coefficient (Wildman–Crippen LogP) is 32.2. The van der Waals surface area contributed by atoms with E-state index in [1.165, 1.54) is 16.2 Å². The van der Waals surface area contributed by atoms with Crippen LogP contribution >= 0.6 is 0 Å². The molecule has 630 valence electrons. The number of rotatable bonds is 12. The Morgan fingerprint density at radius 3 is 0.563 bits per heavy atom. The van der Waals surface area contributed by atoms with E-state index in [1.807, 2.05) is 109 Å². The van der Waals surface area contributed by atoms with Crippen molar-refractivity contribution in [2.24, 2.45) is 0 Å². The van der Waals surface area contributed by atoms with Gasteiger partial charge in [0.1, 0.15) is 33.5 Å². The Morgan fingerprint density at radius 1 is 0.126 bits per heavy atom. The quantitative estimate of drug-likeness (QED) is 0.114. The second-order valence-corrected chi connectivity index (χ2v) is 33.8. The summed E-state index contributed by atoms with van der Waals surface area (Å²) in [6.45, 7) is 0. The Morgan fingerprint density at radius 2 is 0.319 bits per heavy atom. The Bertz CT molecular complexity index is 9160. The molecule has 6 heterocycles. The Balaban J connectivity index is 0.000000108. The smallest absolute Gasteiger partial charge is 0.165 e. The first-order chi connectivity index (χ1) is 66.8. The molecule has 0 bridgehead atoms. The minimum atomic E-state index is 0.599. The van der Waals surface area contributed by atoms with Crippen LogP contribution in [-0.4, -0.2) is 44.9 Å². The Labute approximate surface area is 774 Å². The maximum absolute atomic E-state index is 6.57. The first kappa shape index (κ1) is 78.8. The fraction of sp³-hybridized carbons (Fsp3) is 0. The molecule has 0 saturated carbocycles. The summed E-state index contributed by atoms with van der Waals surface area (Å²) in [5, 5.41) is 19.9. The van der Waals surface area contributed by atoms with Crippen LogP contribution in [-0.2, 0) is 0 Å². The molecule has 0 aliphatic carbocycles. The number of aromatic nitrogens is 9. The largest absolute Gasteiger partial charge is 0.456 e. The maximum atomic E-state index is 6.57. The minimum absolute atomic E-state index is 0.599. The van der Waals surface area contributed by atoms with Crippen molar-refractivity contribution in [3.8, 4) is 136 Å². The lowest BCUT2D eigenvalue weighted by molar-refractivity contribution is 0.669. The molecule has 27 aromatic rings. The molecule has 27 rings (SSSR count). The highest BCUT2D eigenvalue weighted by Gasteiger charge is 2.28. The maximum Gasteiger partial charge on any atom is 0.165 e. The first-order valence-corrected chi connectivity index (χ1v) is 45.1. The van der Waals surface area contributed by atoms with Gasteiger partial charge in [0.2, 0.25) is 0 Å². The number of hydrogen-bond acceptors (Lipinski definition) is 12. The zero-order chi connectivity index (χ0) is 89.2. The monoisotopic (exact) mass is 1730 g/mol. The van der Waals surface area contributed by atoms with E-state index in [1.54, 1.807) is 0 Å². The van der Waals surface area contributed by atoms with Gasteiger partial charge in [0.15, 0.2) is 52.4 Å². The number of furan rings is 3. The van der Waals surface area contributed by atoms with E-state index < -0.39 is 0 Å². The molecule has 0 aliphatic heterocycles. The van der Waals surface area contributed by atoms with Gasteiger partial charge in [0, 0.05) is 82.4 Å². The van der Waals surface area contributed by atoms with Crippen LogP contribution in [0.2, 0.25) is 0 Å².